The second-order valence-corrected chi connectivity index (χ2v) is 13.2. The Morgan fingerprint density at radius 2 is 1.74 bits per heavy atom. The third-order valence-corrected chi connectivity index (χ3v) is 9.01. The van der Waals surface area contributed by atoms with E-state index >= 15 is 0 Å². The van der Waals surface area contributed by atoms with Crippen molar-refractivity contribution in [2.75, 3.05) is 17.3 Å². The van der Waals surface area contributed by atoms with Crippen molar-refractivity contribution < 1.29 is 19.1 Å². The van der Waals surface area contributed by atoms with Gasteiger partial charge < -0.3 is 15.0 Å². The molecule has 3 aromatic rings. The molecule has 0 bridgehead atoms. The normalized spacial score (nSPS) is 23.9. The number of para-hydroxylation sites is 1. The SMILES string of the molecule is COc1ccc2c(c1)C=C[C@@H]1N2[C@H](C(=O)C(C)(C)C)[C@H](C(=O)c2ccc(CC(C)C)cc2)[C@@]12C(=O)Nc1ccccc12. The zero-order chi connectivity index (χ0) is 30.0. The number of amides is 1. The second-order valence-electron chi connectivity index (χ2n) is 13.2. The van der Waals surface area contributed by atoms with E-state index in [1.807, 2.05) is 105 Å². The maximum atomic E-state index is 14.9. The number of ether oxygens (including phenoxy) is 1. The lowest BCUT2D eigenvalue weighted by Gasteiger charge is -2.38. The van der Waals surface area contributed by atoms with Crippen LogP contribution < -0.4 is 15.0 Å². The largest absolute Gasteiger partial charge is 0.497 e. The van der Waals surface area contributed by atoms with Gasteiger partial charge in [-0.1, -0.05) is 89.2 Å². The van der Waals surface area contributed by atoms with Crippen molar-refractivity contribution in [3.63, 3.8) is 0 Å². The van der Waals surface area contributed by atoms with E-state index in [1.54, 1.807) is 7.11 Å². The van der Waals surface area contributed by atoms with Crippen molar-refractivity contribution in [3.8, 4) is 5.75 Å². The number of nitrogens with one attached hydrogen (secondary N) is 1. The molecule has 3 aromatic carbocycles. The van der Waals surface area contributed by atoms with Gasteiger partial charge in [0.15, 0.2) is 11.6 Å². The molecule has 1 saturated heterocycles. The summed E-state index contributed by atoms with van der Waals surface area (Å²) in [6.07, 6.45) is 4.89. The first-order valence-corrected chi connectivity index (χ1v) is 14.7. The van der Waals surface area contributed by atoms with Gasteiger partial charge in [-0.25, -0.2) is 0 Å². The Kier molecular flexibility index (Phi) is 6.64. The highest BCUT2D eigenvalue weighted by Gasteiger charge is 2.70. The Morgan fingerprint density at radius 3 is 2.40 bits per heavy atom. The van der Waals surface area contributed by atoms with Crippen LogP contribution in [-0.2, 0) is 21.4 Å². The second kappa shape index (κ2) is 9.97. The van der Waals surface area contributed by atoms with Crippen LogP contribution in [0.25, 0.3) is 6.08 Å². The van der Waals surface area contributed by atoms with Crippen molar-refractivity contribution >= 4 is 34.9 Å². The van der Waals surface area contributed by atoms with Gasteiger partial charge in [0.1, 0.15) is 17.2 Å². The van der Waals surface area contributed by atoms with Crippen LogP contribution in [0.5, 0.6) is 5.75 Å². The molecule has 3 heterocycles. The lowest BCUT2D eigenvalue weighted by molar-refractivity contribution is -0.128. The molecule has 6 rings (SSSR count). The number of fused-ring (bicyclic) bond motifs is 6. The summed E-state index contributed by atoms with van der Waals surface area (Å²) in [6.45, 7) is 9.98. The molecule has 1 spiro atoms. The van der Waals surface area contributed by atoms with Crippen LogP contribution in [0.2, 0.25) is 0 Å². The smallest absolute Gasteiger partial charge is 0.238 e. The highest BCUT2D eigenvalue weighted by Crippen LogP contribution is 2.58. The highest BCUT2D eigenvalue weighted by molar-refractivity contribution is 6.17. The third-order valence-electron chi connectivity index (χ3n) is 9.01. The molecule has 216 valence electrons. The average Bonchev–Trinajstić information content (AvgIpc) is 3.43. The number of anilines is 2. The minimum absolute atomic E-state index is 0.0756. The summed E-state index contributed by atoms with van der Waals surface area (Å²) in [5.74, 6) is -0.293. The molecule has 3 aliphatic heterocycles. The standard InChI is InChI=1S/C36H38N2O4/c1-21(2)19-22-11-13-23(14-12-22)32(39)30-31(33(40)35(3,4)5)38-28-17-16-25(42-6)20-24(28)15-18-29(38)36(30)26-9-7-8-10-27(26)37-34(36)41/h7-18,20-21,29-31H,19H2,1-6H3,(H,37,41)/t29-,30+,31-,36-/m0/s1. The van der Waals surface area contributed by atoms with Crippen molar-refractivity contribution in [2.45, 2.75) is 58.5 Å². The van der Waals surface area contributed by atoms with E-state index in [-0.39, 0.29) is 17.5 Å². The summed E-state index contributed by atoms with van der Waals surface area (Å²) in [7, 11) is 1.62. The van der Waals surface area contributed by atoms with Crippen molar-refractivity contribution in [1.82, 2.24) is 0 Å². The number of carbonyl (C=O) groups excluding carboxylic acids is 3. The van der Waals surface area contributed by atoms with E-state index < -0.39 is 28.8 Å². The zero-order valence-corrected chi connectivity index (χ0v) is 25.1. The van der Waals surface area contributed by atoms with Gasteiger partial charge in [-0.2, -0.15) is 0 Å². The Hall–Kier alpha value is -4.19. The quantitative estimate of drug-likeness (QED) is 0.348. The van der Waals surface area contributed by atoms with E-state index in [0.717, 1.165) is 28.8 Å². The molecular weight excluding hydrogens is 524 g/mol. The van der Waals surface area contributed by atoms with Gasteiger partial charge in [-0.05, 0) is 47.7 Å². The molecule has 1 amide bonds. The monoisotopic (exact) mass is 562 g/mol. The topological polar surface area (TPSA) is 75.7 Å². The molecule has 0 unspecified atom stereocenters. The molecule has 0 radical (unpaired) electrons. The number of nitrogens with zero attached hydrogens (tertiary/aromatic N) is 1. The minimum atomic E-state index is -1.30. The number of ketones is 2. The number of carbonyl (C=O) groups is 3. The fourth-order valence-corrected chi connectivity index (χ4v) is 7.18. The molecule has 42 heavy (non-hydrogen) atoms. The molecule has 6 nitrogen and oxygen atoms in total. The van der Waals surface area contributed by atoms with Gasteiger partial charge in [0.2, 0.25) is 5.91 Å². The van der Waals surface area contributed by atoms with Crippen molar-refractivity contribution in [2.24, 2.45) is 17.3 Å². The van der Waals surface area contributed by atoms with E-state index in [0.29, 0.717) is 22.9 Å². The minimum Gasteiger partial charge on any atom is -0.497 e. The zero-order valence-electron chi connectivity index (χ0n) is 25.1. The maximum absolute atomic E-state index is 14.9. The maximum Gasteiger partial charge on any atom is 0.238 e. The Morgan fingerprint density at radius 1 is 1.02 bits per heavy atom. The molecule has 0 aromatic heterocycles. The van der Waals surface area contributed by atoms with E-state index in [2.05, 4.69) is 19.2 Å². The molecular formula is C36H38N2O4. The summed E-state index contributed by atoms with van der Waals surface area (Å²) in [5, 5.41) is 3.09. The van der Waals surface area contributed by atoms with Gasteiger partial charge in [-0.15, -0.1) is 0 Å². The summed E-state index contributed by atoms with van der Waals surface area (Å²) in [4.78, 5) is 45.9. The average molecular weight is 563 g/mol. The molecule has 3 aliphatic rings. The molecule has 1 fully saturated rings. The number of Topliss-reactive ketones (excluding diaryl/α,β-unsaturated/α-hetero) is 2. The Balaban J connectivity index is 1.61. The first-order valence-electron chi connectivity index (χ1n) is 14.7. The Labute approximate surface area is 247 Å². The summed E-state index contributed by atoms with van der Waals surface area (Å²) >= 11 is 0. The van der Waals surface area contributed by atoms with Crippen LogP contribution in [-0.4, -0.2) is 36.7 Å². The summed E-state index contributed by atoms with van der Waals surface area (Å²) in [5.41, 5.74) is 2.73. The van der Waals surface area contributed by atoms with Gasteiger partial charge in [0.25, 0.3) is 0 Å². The highest BCUT2D eigenvalue weighted by atomic mass is 16.5. The fraction of sp³-hybridized carbons (Fsp3) is 0.361. The van der Waals surface area contributed by atoms with Crippen LogP contribution in [0.15, 0.2) is 72.8 Å². The molecule has 0 saturated carbocycles. The van der Waals surface area contributed by atoms with Crippen LogP contribution >= 0.6 is 0 Å². The van der Waals surface area contributed by atoms with Crippen LogP contribution in [0, 0.1) is 17.3 Å². The van der Waals surface area contributed by atoms with E-state index in [9.17, 15) is 14.4 Å². The van der Waals surface area contributed by atoms with Crippen LogP contribution in [0.3, 0.4) is 0 Å². The number of benzene rings is 3. The van der Waals surface area contributed by atoms with Crippen LogP contribution in [0.1, 0.15) is 61.7 Å². The third kappa shape index (κ3) is 4.11. The van der Waals surface area contributed by atoms with Crippen molar-refractivity contribution in [1.29, 1.82) is 0 Å². The summed E-state index contributed by atoms with van der Waals surface area (Å²) in [6, 6.07) is 19.6. The van der Waals surface area contributed by atoms with Gasteiger partial charge in [0.05, 0.1) is 19.1 Å². The first-order chi connectivity index (χ1) is 20.0. The molecule has 1 N–H and O–H groups in total. The lowest BCUT2D eigenvalue weighted by atomic mass is 9.63. The van der Waals surface area contributed by atoms with Gasteiger partial charge in [-0.3, -0.25) is 14.4 Å². The van der Waals surface area contributed by atoms with Gasteiger partial charge in [0, 0.05) is 27.9 Å². The molecule has 6 heteroatoms. The number of rotatable bonds is 6. The fourth-order valence-electron chi connectivity index (χ4n) is 7.18. The number of hydrogen-bond donors (Lipinski definition) is 1. The molecule has 4 atom stereocenters. The Bertz CT molecular complexity index is 1610. The predicted molar refractivity (Wildman–Crippen MR) is 166 cm³/mol. The van der Waals surface area contributed by atoms with Gasteiger partial charge >= 0.3 is 0 Å². The van der Waals surface area contributed by atoms with Crippen LogP contribution in [0.4, 0.5) is 11.4 Å². The first kappa shape index (κ1) is 28.0. The number of methoxy groups -OCH3 is 1. The van der Waals surface area contributed by atoms with E-state index in [4.69, 9.17) is 4.74 Å². The van der Waals surface area contributed by atoms with E-state index in [1.165, 1.54) is 0 Å². The number of hydrogen-bond acceptors (Lipinski definition) is 5. The lowest BCUT2D eigenvalue weighted by Crippen LogP contribution is -2.51. The summed E-state index contributed by atoms with van der Waals surface area (Å²) < 4.78 is 5.49. The predicted octanol–water partition coefficient (Wildman–Crippen LogP) is 6.48. The molecule has 0 aliphatic carbocycles. The van der Waals surface area contributed by atoms with Crippen molar-refractivity contribution in [3.05, 3.63) is 95.1 Å².